The van der Waals surface area contributed by atoms with Crippen LogP contribution in [0, 0.1) is 11.3 Å². The highest BCUT2D eigenvalue weighted by molar-refractivity contribution is 5.21. The fourth-order valence-corrected chi connectivity index (χ4v) is 5.16. The molecule has 1 aromatic carbocycles. The number of hydrogen-bond donors (Lipinski definition) is 0. The monoisotopic (exact) mass is 298 g/mol. The van der Waals surface area contributed by atoms with Crippen LogP contribution in [0.3, 0.4) is 0 Å². The van der Waals surface area contributed by atoms with Gasteiger partial charge in [-0.25, -0.2) is 0 Å². The van der Waals surface area contributed by atoms with Gasteiger partial charge in [0.05, 0.1) is 0 Å². The van der Waals surface area contributed by atoms with Crippen LogP contribution in [0.15, 0.2) is 30.3 Å². The number of rotatable bonds is 3. The van der Waals surface area contributed by atoms with Gasteiger partial charge in [-0.2, -0.15) is 0 Å². The van der Waals surface area contributed by atoms with Crippen molar-refractivity contribution in [3.8, 4) is 0 Å². The minimum Gasteiger partial charge on any atom is -0.306 e. The van der Waals surface area contributed by atoms with Crippen molar-refractivity contribution in [3.05, 3.63) is 35.9 Å². The van der Waals surface area contributed by atoms with E-state index in [9.17, 15) is 0 Å². The zero-order valence-electron chi connectivity index (χ0n) is 14.0. The average molecular weight is 298 g/mol. The number of piperidine rings is 1. The third-order valence-corrected chi connectivity index (χ3v) is 6.55. The SMILES string of the molecule is CN1CCC2(CC1)CC(CN1CCC(c3ccccc3)C1)C2. The molecule has 0 radical (unpaired) electrons. The van der Waals surface area contributed by atoms with Crippen LogP contribution in [0.1, 0.15) is 43.6 Å². The van der Waals surface area contributed by atoms with Crippen molar-refractivity contribution in [2.24, 2.45) is 11.3 Å². The summed E-state index contributed by atoms with van der Waals surface area (Å²) in [5, 5.41) is 0. The first kappa shape index (κ1) is 14.7. The van der Waals surface area contributed by atoms with E-state index in [2.05, 4.69) is 47.2 Å². The minimum atomic E-state index is 0.746. The first-order chi connectivity index (χ1) is 10.7. The summed E-state index contributed by atoms with van der Waals surface area (Å²) >= 11 is 0. The van der Waals surface area contributed by atoms with Crippen LogP contribution in [0.5, 0.6) is 0 Å². The van der Waals surface area contributed by atoms with Gasteiger partial charge in [0, 0.05) is 13.1 Å². The van der Waals surface area contributed by atoms with Crippen LogP contribution < -0.4 is 0 Å². The van der Waals surface area contributed by atoms with Crippen molar-refractivity contribution in [1.82, 2.24) is 9.80 Å². The van der Waals surface area contributed by atoms with Gasteiger partial charge in [0.15, 0.2) is 0 Å². The molecular formula is C20H30N2. The molecule has 3 fully saturated rings. The smallest absolute Gasteiger partial charge is 0.00509 e. The zero-order chi connectivity index (χ0) is 15.0. The van der Waals surface area contributed by atoms with E-state index in [1.807, 2.05) is 0 Å². The van der Waals surface area contributed by atoms with E-state index in [4.69, 9.17) is 0 Å². The molecule has 4 rings (SSSR count). The third kappa shape index (κ3) is 2.96. The van der Waals surface area contributed by atoms with E-state index in [-0.39, 0.29) is 0 Å². The molecule has 1 aromatic rings. The minimum absolute atomic E-state index is 0.746. The molecule has 2 heteroatoms. The van der Waals surface area contributed by atoms with Crippen molar-refractivity contribution in [1.29, 1.82) is 0 Å². The van der Waals surface area contributed by atoms with Crippen molar-refractivity contribution >= 4 is 0 Å². The van der Waals surface area contributed by atoms with Gasteiger partial charge < -0.3 is 9.80 Å². The molecule has 2 aliphatic heterocycles. The Balaban J connectivity index is 1.25. The molecule has 2 saturated heterocycles. The van der Waals surface area contributed by atoms with Crippen LogP contribution >= 0.6 is 0 Å². The van der Waals surface area contributed by atoms with Gasteiger partial charge in [0.1, 0.15) is 0 Å². The van der Waals surface area contributed by atoms with Gasteiger partial charge in [-0.15, -0.1) is 0 Å². The number of likely N-dealkylation sites (tertiary alicyclic amines) is 2. The average Bonchev–Trinajstić information content (AvgIpc) is 2.98. The molecule has 120 valence electrons. The zero-order valence-corrected chi connectivity index (χ0v) is 14.0. The predicted octanol–water partition coefficient (Wildman–Crippen LogP) is 3.60. The van der Waals surface area contributed by atoms with Crippen LogP contribution in [-0.2, 0) is 0 Å². The van der Waals surface area contributed by atoms with E-state index in [1.54, 1.807) is 5.56 Å². The van der Waals surface area contributed by atoms with E-state index in [0.717, 1.165) is 17.3 Å². The molecule has 1 spiro atoms. The van der Waals surface area contributed by atoms with Crippen molar-refractivity contribution in [3.63, 3.8) is 0 Å². The van der Waals surface area contributed by atoms with Crippen molar-refractivity contribution in [2.45, 2.75) is 38.0 Å². The lowest BCUT2D eigenvalue weighted by Gasteiger charge is -2.52. The van der Waals surface area contributed by atoms with E-state index >= 15 is 0 Å². The van der Waals surface area contributed by atoms with Crippen LogP contribution in [0.4, 0.5) is 0 Å². The summed E-state index contributed by atoms with van der Waals surface area (Å²) < 4.78 is 0. The second-order valence-corrected chi connectivity index (χ2v) is 8.23. The van der Waals surface area contributed by atoms with Crippen LogP contribution in [-0.4, -0.2) is 49.6 Å². The van der Waals surface area contributed by atoms with Gasteiger partial charge in [-0.05, 0) is 81.6 Å². The maximum Gasteiger partial charge on any atom is 0.00509 e. The lowest BCUT2D eigenvalue weighted by molar-refractivity contribution is -0.0183. The lowest BCUT2D eigenvalue weighted by Crippen LogP contribution is -2.48. The predicted molar refractivity (Wildman–Crippen MR) is 92.1 cm³/mol. The summed E-state index contributed by atoms with van der Waals surface area (Å²) in [4.78, 5) is 5.24. The van der Waals surface area contributed by atoms with Crippen LogP contribution in [0.25, 0.3) is 0 Å². The Kier molecular flexibility index (Phi) is 4.00. The highest BCUT2D eigenvalue weighted by Crippen LogP contribution is 2.52. The van der Waals surface area contributed by atoms with Crippen LogP contribution in [0.2, 0.25) is 0 Å². The molecule has 0 amide bonds. The summed E-state index contributed by atoms with van der Waals surface area (Å²) in [6.45, 7) is 6.61. The Morgan fingerprint density at radius 2 is 1.77 bits per heavy atom. The summed E-state index contributed by atoms with van der Waals surface area (Å²) in [5.41, 5.74) is 2.29. The molecule has 1 unspecified atom stereocenters. The number of hydrogen-bond acceptors (Lipinski definition) is 2. The molecule has 1 atom stereocenters. The quantitative estimate of drug-likeness (QED) is 0.841. The highest BCUT2D eigenvalue weighted by Gasteiger charge is 2.45. The Morgan fingerprint density at radius 1 is 1.05 bits per heavy atom. The number of nitrogens with zero attached hydrogens (tertiary/aromatic N) is 2. The maximum atomic E-state index is 2.74. The van der Waals surface area contributed by atoms with Crippen molar-refractivity contribution < 1.29 is 0 Å². The lowest BCUT2D eigenvalue weighted by atomic mass is 9.57. The molecule has 2 heterocycles. The second kappa shape index (κ2) is 5.98. The van der Waals surface area contributed by atoms with E-state index in [0.29, 0.717) is 0 Å². The summed E-state index contributed by atoms with van der Waals surface area (Å²) in [6, 6.07) is 11.1. The molecular weight excluding hydrogens is 268 g/mol. The van der Waals surface area contributed by atoms with Gasteiger partial charge in [-0.1, -0.05) is 30.3 Å². The number of benzene rings is 1. The fraction of sp³-hybridized carbons (Fsp3) is 0.700. The normalized spacial score (nSPS) is 29.8. The molecule has 3 aliphatic rings. The topological polar surface area (TPSA) is 6.48 Å². The Bertz CT molecular complexity index is 482. The molecule has 2 nitrogen and oxygen atoms in total. The largest absolute Gasteiger partial charge is 0.306 e. The maximum absolute atomic E-state index is 2.74. The summed E-state index contributed by atoms with van der Waals surface area (Å²) in [6.07, 6.45) is 7.27. The highest BCUT2D eigenvalue weighted by atomic mass is 15.2. The van der Waals surface area contributed by atoms with E-state index in [1.165, 1.54) is 64.8 Å². The Hall–Kier alpha value is -0.860. The fourth-order valence-electron chi connectivity index (χ4n) is 5.16. The van der Waals surface area contributed by atoms with Gasteiger partial charge >= 0.3 is 0 Å². The Labute approximate surface area is 135 Å². The standard InChI is InChI=1S/C20H30N2/c1-21-11-8-20(9-12-21)13-17(14-20)15-22-10-7-19(16-22)18-5-3-2-4-6-18/h2-6,17,19H,7-16H2,1H3. The second-order valence-electron chi connectivity index (χ2n) is 8.23. The van der Waals surface area contributed by atoms with Crippen molar-refractivity contribution in [2.75, 3.05) is 39.8 Å². The molecule has 1 saturated carbocycles. The Morgan fingerprint density at radius 3 is 2.50 bits per heavy atom. The van der Waals surface area contributed by atoms with Gasteiger partial charge in [0.2, 0.25) is 0 Å². The molecule has 1 aliphatic carbocycles. The summed E-state index contributed by atoms with van der Waals surface area (Å²) in [7, 11) is 2.27. The van der Waals surface area contributed by atoms with Gasteiger partial charge in [-0.3, -0.25) is 0 Å². The molecule has 0 bridgehead atoms. The molecule has 22 heavy (non-hydrogen) atoms. The van der Waals surface area contributed by atoms with Gasteiger partial charge in [0.25, 0.3) is 0 Å². The summed E-state index contributed by atoms with van der Waals surface area (Å²) in [5.74, 6) is 1.76. The molecule has 0 N–H and O–H groups in total. The third-order valence-electron chi connectivity index (χ3n) is 6.55. The van der Waals surface area contributed by atoms with E-state index < -0.39 is 0 Å². The molecule has 0 aromatic heterocycles. The first-order valence-electron chi connectivity index (χ1n) is 9.18. The first-order valence-corrected chi connectivity index (χ1v) is 9.18.